The molecule has 0 atom stereocenters. The molecule has 2 aliphatic heterocycles. The lowest BCUT2D eigenvalue weighted by atomic mass is 10.0. The molecule has 0 saturated carbocycles. The number of carbonyl (C=O) groups is 2. The van der Waals surface area contributed by atoms with Crippen molar-refractivity contribution in [2.24, 2.45) is 0 Å². The number of hydrogen-bond acceptors (Lipinski definition) is 4. The maximum atomic E-state index is 12.9. The number of piperazine rings is 1. The predicted molar refractivity (Wildman–Crippen MR) is 94.5 cm³/mol. The molecule has 1 aromatic rings. The Morgan fingerprint density at radius 1 is 1.00 bits per heavy atom. The van der Waals surface area contributed by atoms with Crippen molar-refractivity contribution in [2.75, 3.05) is 39.8 Å². The summed E-state index contributed by atoms with van der Waals surface area (Å²) < 4.78 is 0. The lowest BCUT2D eigenvalue weighted by molar-refractivity contribution is -0.137. The first-order valence-electron chi connectivity index (χ1n) is 8.32. The topological polar surface area (TPSA) is 43.9 Å². The quantitative estimate of drug-likeness (QED) is 0.782. The van der Waals surface area contributed by atoms with Gasteiger partial charge in [0.2, 0.25) is 0 Å². The van der Waals surface area contributed by atoms with Gasteiger partial charge in [0.25, 0.3) is 11.8 Å². The van der Waals surface area contributed by atoms with Crippen molar-refractivity contribution in [3.8, 4) is 0 Å². The molecule has 128 valence electrons. The minimum absolute atomic E-state index is 0.170. The number of halogens is 1. The van der Waals surface area contributed by atoms with E-state index in [0.717, 1.165) is 38.2 Å². The fraction of sp³-hybridized carbons (Fsp3) is 0.444. The maximum Gasteiger partial charge on any atom is 0.277 e. The second-order valence-corrected chi connectivity index (χ2v) is 6.72. The molecule has 0 unspecified atom stereocenters. The number of imide groups is 1. The zero-order chi connectivity index (χ0) is 17.3. The van der Waals surface area contributed by atoms with E-state index in [1.807, 2.05) is 19.1 Å². The van der Waals surface area contributed by atoms with Gasteiger partial charge < -0.3 is 9.80 Å². The number of amides is 2. The molecule has 3 rings (SSSR count). The number of carbonyl (C=O) groups excluding carboxylic acids is 2. The van der Waals surface area contributed by atoms with E-state index in [1.54, 1.807) is 12.1 Å². The zero-order valence-electron chi connectivity index (χ0n) is 14.1. The average Bonchev–Trinajstić information content (AvgIpc) is 2.82. The predicted octanol–water partition coefficient (Wildman–Crippen LogP) is 2.08. The van der Waals surface area contributed by atoms with Crippen LogP contribution >= 0.6 is 11.6 Å². The first-order chi connectivity index (χ1) is 11.5. The number of nitrogens with zero attached hydrogens (tertiary/aromatic N) is 3. The Labute approximate surface area is 147 Å². The Kier molecular flexibility index (Phi) is 4.92. The van der Waals surface area contributed by atoms with E-state index in [-0.39, 0.29) is 11.8 Å². The third-order valence-corrected chi connectivity index (χ3v) is 4.80. The van der Waals surface area contributed by atoms with E-state index in [9.17, 15) is 9.59 Å². The van der Waals surface area contributed by atoms with Gasteiger partial charge in [0.05, 0.1) is 5.57 Å². The van der Waals surface area contributed by atoms with E-state index < -0.39 is 0 Å². The summed E-state index contributed by atoms with van der Waals surface area (Å²) in [5.41, 5.74) is 1.81. The highest BCUT2D eigenvalue weighted by Crippen LogP contribution is 2.32. The SMILES string of the molecule is CCCN1C(=O)C(c2ccc(Cl)cc2)=C(N2CCN(C)CC2)C1=O. The maximum absolute atomic E-state index is 12.9. The van der Waals surface area contributed by atoms with Crippen molar-refractivity contribution in [1.29, 1.82) is 0 Å². The van der Waals surface area contributed by atoms with Crippen molar-refractivity contribution in [3.63, 3.8) is 0 Å². The molecule has 2 heterocycles. The highest BCUT2D eigenvalue weighted by atomic mass is 35.5. The number of likely N-dealkylation sites (N-methyl/N-ethyl adjacent to an activating group) is 1. The Morgan fingerprint density at radius 3 is 2.21 bits per heavy atom. The van der Waals surface area contributed by atoms with Crippen LogP contribution < -0.4 is 0 Å². The van der Waals surface area contributed by atoms with Gasteiger partial charge in [0, 0.05) is 37.7 Å². The monoisotopic (exact) mass is 347 g/mol. The Bertz CT molecular complexity index is 676. The van der Waals surface area contributed by atoms with Gasteiger partial charge in [-0.2, -0.15) is 0 Å². The molecular weight excluding hydrogens is 326 g/mol. The van der Waals surface area contributed by atoms with Crippen LogP contribution in [0.2, 0.25) is 5.02 Å². The van der Waals surface area contributed by atoms with Gasteiger partial charge in [0.15, 0.2) is 0 Å². The summed E-state index contributed by atoms with van der Waals surface area (Å²) in [7, 11) is 2.07. The summed E-state index contributed by atoms with van der Waals surface area (Å²) in [6.07, 6.45) is 0.751. The molecule has 6 heteroatoms. The van der Waals surface area contributed by atoms with Crippen molar-refractivity contribution < 1.29 is 9.59 Å². The number of benzene rings is 1. The number of rotatable bonds is 4. The molecule has 0 aromatic heterocycles. The van der Waals surface area contributed by atoms with E-state index in [4.69, 9.17) is 11.6 Å². The average molecular weight is 348 g/mol. The van der Waals surface area contributed by atoms with Crippen LogP contribution in [0.3, 0.4) is 0 Å². The van der Waals surface area contributed by atoms with Gasteiger partial charge in [-0.25, -0.2) is 0 Å². The molecule has 0 N–H and O–H groups in total. The molecule has 2 aliphatic rings. The van der Waals surface area contributed by atoms with Crippen LogP contribution in [-0.2, 0) is 9.59 Å². The molecular formula is C18H22ClN3O2. The number of hydrogen-bond donors (Lipinski definition) is 0. The lowest BCUT2D eigenvalue weighted by Gasteiger charge is -2.34. The first kappa shape index (κ1) is 17.0. The minimum atomic E-state index is -0.196. The normalized spacial score (nSPS) is 19.6. The van der Waals surface area contributed by atoms with E-state index >= 15 is 0 Å². The standard InChI is InChI=1S/C18H22ClN3O2/c1-3-8-22-17(23)15(13-4-6-14(19)7-5-13)16(18(22)24)21-11-9-20(2)10-12-21/h4-7H,3,8-12H2,1-2H3. The van der Waals surface area contributed by atoms with Crippen LogP contribution in [0.4, 0.5) is 0 Å². The van der Waals surface area contributed by atoms with Gasteiger partial charge in [-0.05, 0) is 31.2 Å². The first-order valence-corrected chi connectivity index (χ1v) is 8.70. The highest BCUT2D eigenvalue weighted by Gasteiger charge is 2.41. The highest BCUT2D eigenvalue weighted by molar-refractivity contribution is 6.36. The largest absolute Gasteiger partial charge is 0.364 e. The van der Waals surface area contributed by atoms with E-state index in [0.29, 0.717) is 22.8 Å². The van der Waals surface area contributed by atoms with E-state index in [1.165, 1.54) is 4.90 Å². The summed E-state index contributed by atoms with van der Waals surface area (Å²) in [4.78, 5) is 31.4. The van der Waals surface area contributed by atoms with Crippen LogP contribution in [0, 0.1) is 0 Å². The molecule has 0 bridgehead atoms. The molecule has 24 heavy (non-hydrogen) atoms. The molecule has 5 nitrogen and oxygen atoms in total. The summed E-state index contributed by atoms with van der Waals surface area (Å²) in [6, 6.07) is 7.14. The second-order valence-electron chi connectivity index (χ2n) is 6.28. The fourth-order valence-corrected chi connectivity index (χ4v) is 3.32. The van der Waals surface area contributed by atoms with Crippen molar-refractivity contribution in [1.82, 2.24) is 14.7 Å². The zero-order valence-corrected chi connectivity index (χ0v) is 14.8. The van der Waals surface area contributed by atoms with Gasteiger partial charge in [0.1, 0.15) is 5.70 Å². The van der Waals surface area contributed by atoms with Gasteiger partial charge in [-0.3, -0.25) is 14.5 Å². The van der Waals surface area contributed by atoms with Gasteiger partial charge in [-0.15, -0.1) is 0 Å². The van der Waals surface area contributed by atoms with Crippen LogP contribution in [0.15, 0.2) is 30.0 Å². The smallest absolute Gasteiger partial charge is 0.277 e. The van der Waals surface area contributed by atoms with Crippen LogP contribution in [0.25, 0.3) is 5.57 Å². The molecule has 0 aliphatic carbocycles. The second kappa shape index (κ2) is 6.95. The van der Waals surface area contributed by atoms with Crippen molar-refractivity contribution in [2.45, 2.75) is 13.3 Å². The minimum Gasteiger partial charge on any atom is -0.364 e. The lowest BCUT2D eigenvalue weighted by Crippen LogP contribution is -2.46. The van der Waals surface area contributed by atoms with Crippen LogP contribution in [-0.4, -0.2) is 66.3 Å². The molecule has 1 saturated heterocycles. The van der Waals surface area contributed by atoms with E-state index in [2.05, 4.69) is 16.8 Å². The molecule has 2 amide bonds. The van der Waals surface area contributed by atoms with Gasteiger partial charge >= 0.3 is 0 Å². The Hall–Kier alpha value is -1.85. The summed E-state index contributed by atoms with van der Waals surface area (Å²) in [5.74, 6) is -0.366. The Morgan fingerprint density at radius 2 is 1.62 bits per heavy atom. The molecule has 0 radical (unpaired) electrons. The fourth-order valence-electron chi connectivity index (χ4n) is 3.19. The van der Waals surface area contributed by atoms with Crippen LogP contribution in [0.5, 0.6) is 0 Å². The third kappa shape index (κ3) is 3.06. The summed E-state index contributed by atoms with van der Waals surface area (Å²) >= 11 is 5.97. The van der Waals surface area contributed by atoms with Gasteiger partial charge in [-0.1, -0.05) is 30.7 Å². The molecule has 1 fully saturated rings. The molecule has 1 aromatic carbocycles. The van der Waals surface area contributed by atoms with Crippen molar-refractivity contribution in [3.05, 3.63) is 40.5 Å². The van der Waals surface area contributed by atoms with Crippen molar-refractivity contribution >= 4 is 29.0 Å². The third-order valence-electron chi connectivity index (χ3n) is 4.54. The Balaban J connectivity index is 2.03. The van der Waals surface area contributed by atoms with Crippen LogP contribution in [0.1, 0.15) is 18.9 Å². The summed E-state index contributed by atoms with van der Waals surface area (Å²) in [6.45, 7) is 5.69. The summed E-state index contributed by atoms with van der Waals surface area (Å²) in [5, 5.41) is 0.614. The molecule has 0 spiro atoms.